The summed E-state index contributed by atoms with van der Waals surface area (Å²) in [5.74, 6) is -0.270. The lowest BCUT2D eigenvalue weighted by molar-refractivity contribution is -0.140. The number of methoxy groups -OCH3 is 3. The summed E-state index contributed by atoms with van der Waals surface area (Å²) < 4.78 is 15.0. The molecule has 0 saturated carbocycles. The molecule has 2 rings (SSSR count). The van der Waals surface area contributed by atoms with Gasteiger partial charge in [0.25, 0.3) is 0 Å². The van der Waals surface area contributed by atoms with E-state index in [1.807, 2.05) is 31.2 Å². The van der Waals surface area contributed by atoms with E-state index in [0.29, 0.717) is 36.1 Å². The van der Waals surface area contributed by atoms with Crippen molar-refractivity contribution < 1.29 is 23.8 Å². The Bertz CT molecular complexity index is 984. The van der Waals surface area contributed by atoms with Gasteiger partial charge in [-0.15, -0.1) is 0 Å². The van der Waals surface area contributed by atoms with Crippen LogP contribution < -0.4 is 4.74 Å². The van der Waals surface area contributed by atoms with Gasteiger partial charge in [-0.3, -0.25) is 4.79 Å². The van der Waals surface area contributed by atoms with Crippen molar-refractivity contribution in [3.8, 4) is 11.8 Å². The quantitative estimate of drug-likeness (QED) is 0.475. The van der Waals surface area contributed by atoms with Crippen LogP contribution >= 0.6 is 0 Å². The van der Waals surface area contributed by atoms with Crippen LogP contribution in [-0.4, -0.2) is 33.3 Å². The molecule has 6 nitrogen and oxygen atoms in total. The molecule has 0 atom stereocenters. The minimum atomic E-state index is -0.485. The van der Waals surface area contributed by atoms with E-state index >= 15 is 0 Å². The monoisotopic (exact) mass is 407 g/mol. The van der Waals surface area contributed by atoms with E-state index in [-0.39, 0.29) is 5.97 Å². The maximum Gasteiger partial charge on any atom is 0.341 e. The Balaban J connectivity index is 2.52. The number of hydrogen-bond donors (Lipinski definition) is 0. The van der Waals surface area contributed by atoms with Crippen LogP contribution in [0.1, 0.15) is 51.9 Å². The lowest BCUT2D eigenvalue weighted by atomic mass is 9.92. The summed E-state index contributed by atoms with van der Waals surface area (Å²) in [5.41, 5.74) is 4.29. The molecular formula is C24H25NO5. The van der Waals surface area contributed by atoms with Gasteiger partial charge >= 0.3 is 11.9 Å². The zero-order valence-corrected chi connectivity index (χ0v) is 17.7. The highest BCUT2D eigenvalue weighted by Crippen LogP contribution is 2.32. The van der Waals surface area contributed by atoms with Crippen molar-refractivity contribution in [1.82, 2.24) is 0 Å². The second kappa shape index (κ2) is 10.8. The highest BCUT2D eigenvalue weighted by Gasteiger charge is 2.18. The van der Waals surface area contributed by atoms with E-state index in [2.05, 4.69) is 6.07 Å². The van der Waals surface area contributed by atoms with Crippen LogP contribution in [0.4, 0.5) is 0 Å². The Hall–Kier alpha value is -3.59. The van der Waals surface area contributed by atoms with Crippen molar-refractivity contribution >= 4 is 17.5 Å². The largest absolute Gasteiger partial charge is 0.496 e. The molecule has 156 valence electrons. The molecule has 6 heteroatoms. The third-order valence-corrected chi connectivity index (χ3v) is 4.68. The van der Waals surface area contributed by atoms with Crippen molar-refractivity contribution in [2.24, 2.45) is 0 Å². The lowest BCUT2D eigenvalue weighted by Crippen LogP contribution is -2.07. The molecule has 0 heterocycles. The first-order chi connectivity index (χ1) is 14.4. The van der Waals surface area contributed by atoms with Crippen LogP contribution in [0.2, 0.25) is 0 Å². The fourth-order valence-corrected chi connectivity index (χ4v) is 3.18. The SMILES string of the molecule is COC(=O)CCC/C=C(/c1ccc(C#N)cc1)c1cc(C)c(OC)c(C(=O)OC)c1. The van der Waals surface area contributed by atoms with Gasteiger partial charge in [0.1, 0.15) is 11.3 Å². The van der Waals surface area contributed by atoms with Crippen molar-refractivity contribution in [3.63, 3.8) is 0 Å². The smallest absolute Gasteiger partial charge is 0.341 e. The maximum atomic E-state index is 12.3. The molecule has 0 bridgehead atoms. The van der Waals surface area contributed by atoms with Crippen molar-refractivity contribution in [2.45, 2.75) is 26.2 Å². The van der Waals surface area contributed by atoms with Gasteiger partial charge in [-0.2, -0.15) is 5.26 Å². The maximum absolute atomic E-state index is 12.3. The molecule has 2 aromatic rings. The number of benzene rings is 2. The average Bonchev–Trinajstić information content (AvgIpc) is 2.77. The van der Waals surface area contributed by atoms with Crippen LogP contribution in [0.5, 0.6) is 5.75 Å². The Labute approximate surface area is 176 Å². The number of unbranched alkanes of at least 4 members (excludes halogenated alkanes) is 1. The number of esters is 2. The molecule has 0 aliphatic carbocycles. The van der Waals surface area contributed by atoms with E-state index in [4.69, 9.17) is 19.5 Å². The summed E-state index contributed by atoms with van der Waals surface area (Å²) in [6.45, 7) is 1.86. The van der Waals surface area contributed by atoms with Crippen molar-refractivity contribution in [3.05, 3.63) is 70.3 Å². The van der Waals surface area contributed by atoms with Gasteiger partial charge in [0.2, 0.25) is 0 Å². The average molecular weight is 407 g/mol. The lowest BCUT2D eigenvalue weighted by Gasteiger charge is -2.15. The predicted molar refractivity (Wildman–Crippen MR) is 113 cm³/mol. The summed E-state index contributed by atoms with van der Waals surface area (Å²) in [6.07, 6.45) is 3.61. The summed E-state index contributed by atoms with van der Waals surface area (Å²) in [7, 11) is 4.21. The van der Waals surface area contributed by atoms with E-state index in [1.165, 1.54) is 21.3 Å². The second-order valence-corrected chi connectivity index (χ2v) is 6.64. The molecule has 0 saturated heterocycles. The third-order valence-electron chi connectivity index (χ3n) is 4.68. The Morgan fingerprint density at radius 1 is 1.03 bits per heavy atom. The van der Waals surface area contributed by atoms with Gasteiger partial charge in [-0.25, -0.2) is 4.79 Å². The second-order valence-electron chi connectivity index (χ2n) is 6.64. The Morgan fingerprint density at radius 2 is 1.73 bits per heavy atom. The van der Waals surface area contributed by atoms with Gasteiger partial charge in [0.15, 0.2) is 0 Å². The zero-order chi connectivity index (χ0) is 22.1. The summed E-state index contributed by atoms with van der Waals surface area (Å²) in [5, 5.41) is 9.08. The fourth-order valence-electron chi connectivity index (χ4n) is 3.18. The fraction of sp³-hybridized carbons (Fsp3) is 0.292. The first-order valence-electron chi connectivity index (χ1n) is 9.50. The van der Waals surface area contributed by atoms with Crippen molar-refractivity contribution in [2.75, 3.05) is 21.3 Å². The number of carbonyl (C=O) groups is 2. The van der Waals surface area contributed by atoms with E-state index in [1.54, 1.807) is 18.2 Å². The minimum Gasteiger partial charge on any atom is -0.496 e. The third kappa shape index (κ3) is 5.48. The van der Waals surface area contributed by atoms with Gasteiger partial charge in [-0.1, -0.05) is 18.2 Å². The van der Waals surface area contributed by atoms with E-state index in [0.717, 1.165) is 22.3 Å². The van der Waals surface area contributed by atoms with Crippen LogP contribution in [0.25, 0.3) is 5.57 Å². The molecular weight excluding hydrogens is 382 g/mol. The molecule has 0 unspecified atom stereocenters. The minimum absolute atomic E-state index is 0.253. The van der Waals surface area contributed by atoms with Crippen molar-refractivity contribution in [1.29, 1.82) is 5.26 Å². The van der Waals surface area contributed by atoms with E-state index < -0.39 is 5.97 Å². The highest BCUT2D eigenvalue weighted by atomic mass is 16.5. The number of hydrogen-bond acceptors (Lipinski definition) is 6. The molecule has 30 heavy (non-hydrogen) atoms. The first-order valence-corrected chi connectivity index (χ1v) is 9.50. The molecule has 0 aromatic heterocycles. The van der Waals surface area contributed by atoms with Crippen LogP contribution in [0.15, 0.2) is 42.5 Å². The standard InChI is InChI=1S/C24H25NO5/c1-16-13-19(14-21(23(16)29-3)24(27)30-4)20(7-5-6-8-22(26)28-2)18-11-9-17(15-25)10-12-18/h7,9-14H,5-6,8H2,1-4H3/b20-7-. The number of ether oxygens (including phenoxy) is 3. The van der Waals surface area contributed by atoms with Gasteiger partial charge in [0, 0.05) is 6.42 Å². The van der Waals surface area contributed by atoms with Crippen LogP contribution in [-0.2, 0) is 14.3 Å². The van der Waals surface area contributed by atoms with Gasteiger partial charge in [0.05, 0.1) is 33.0 Å². The molecule has 0 N–H and O–H groups in total. The molecule has 0 amide bonds. The summed E-state index contributed by atoms with van der Waals surface area (Å²) in [4.78, 5) is 23.7. The summed E-state index contributed by atoms with van der Waals surface area (Å²) in [6, 6.07) is 13.0. The number of aryl methyl sites for hydroxylation is 1. The highest BCUT2D eigenvalue weighted by molar-refractivity contribution is 5.95. The van der Waals surface area contributed by atoms with Crippen LogP contribution in [0.3, 0.4) is 0 Å². The molecule has 0 spiro atoms. The number of rotatable bonds is 8. The molecule has 0 fully saturated rings. The normalized spacial score (nSPS) is 10.8. The molecule has 2 aromatic carbocycles. The summed E-state index contributed by atoms with van der Waals surface area (Å²) >= 11 is 0. The van der Waals surface area contributed by atoms with Crippen LogP contribution in [0, 0.1) is 18.3 Å². The van der Waals surface area contributed by atoms with E-state index in [9.17, 15) is 9.59 Å². The number of carbonyl (C=O) groups excluding carboxylic acids is 2. The number of nitrogens with zero attached hydrogens (tertiary/aromatic N) is 1. The predicted octanol–water partition coefficient (Wildman–Crippen LogP) is 4.44. The number of nitriles is 1. The Morgan fingerprint density at radius 3 is 2.30 bits per heavy atom. The topological polar surface area (TPSA) is 85.6 Å². The number of allylic oxidation sites excluding steroid dienone is 1. The zero-order valence-electron chi connectivity index (χ0n) is 17.7. The van der Waals surface area contributed by atoms with Gasteiger partial charge in [-0.05, 0) is 66.3 Å². The molecule has 0 radical (unpaired) electrons. The first kappa shape index (κ1) is 22.7. The Kier molecular flexibility index (Phi) is 8.18. The van der Waals surface area contributed by atoms with Gasteiger partial charge < -0.3 is 14.2 Å². The molecule has 0 aliphatic heterocycles. The molecule has 0 aliphatic rings.